The van der Waals surface area contributed by atoms with Crippen molar-refractivity contribution in [2.24, 2.45) is 0 Å². The Balaban J connectivity index is 1.60. The molecule has 0 saturated carbocycles. The van der Waals surface area contributed by atoms with Gasteiger partial charge in [-0.15, -0.1) is 0 Å². The maximum absolute atomic E-state index is 12.3. The SMILES string of the molecule is Cc1ccc(Nc2nccc(C(=O)NCCc3ccccc3)n2)cc1C. The van der Waals surface area contributed by atoms with Gasteiger partial charge in [0.15, 0.2) is 0 Å². The quantitative estimate of drug-likeness (QED) is 0.712. The van der Waals surface area contributed by atoms with Crippen LogP contribution < -0.4 is 10.6 Å². The summed E-state index contributed by atoms with van der Waals surface area (Å²) < 4.78 is 0. The third-order valence-electron chi connectivity index (χ3n) is 4.19. The fourth-order valence-electron chi connectivity index (χ4n) is 2.55. The third kappa shape index (κ3) is 4.66. The Morgan fingerprint density at radius 2 is 1.81 bits per heavy atom. The molecular formula is C21H22N4O. The second-order valence-electron chi connectivity index (χ2n) is 6.18. The highest BCUT2D eigenvalue weighted by atomic mass is 16.1. The van der Waals surface area contributed by atoms with Crippen molar-refractivity contribution in [2.45, 2.75) is 20.3 Å². The van der Waals surface area contributed by atoms with E-state index in [9.17, 15) is 4.79 Å². The van der Waals surface area contributed by atoms with Crippen molar-refractivity contribution in [3.8, 4) is 0 Å². The molecule has 0 radical (unpaired) electrons. The molecule has 1 amide bonds. The van der Waals surface area contributed by atoms with E-state index >= 15 is 0 Å². The number of hydrogen-bond acceptors (Lipinski definition) is 4. The van der Waals surface area contributed by atoms with E-state index in [2.05, 4.69) is 34.4 Å². The largest absolute Gasteiger partial charge is 0.350 e. The Morgan fingerprint density at radius 3 is 2.58 bits per heavy atom. The molecule has 0 aliphatic rings. The predicted molar refractivity (Wildman–Crippen MR) is 104 cm³/mol. The molecule has 0 atom stereocenters. The molecule has 0 saturated heterocycles. The molecule has 0 fully saturated rings. The van der Waals surface area contributed by atoms with Gasteiger partial charge in [-0.2, -0.15) is 0 Å². The second-order valence-corrected chi connectivity index (χ2v) is 6.18. The topological polar surface area (TPSA) is 66.9 Å². The van der Waals surface area contributed by atoms with E-state index < -0.39 is 0 Å². The van der Waals surface area contributed by atoms with E-state index in [1.54, 1.807) is 12.3 Å². The van der Waals surface area contributed by atoms with Crippen LogP contribution in [-0.2, 0) is 6.42 Å². The monoisotopic (exact) mass is 346 g/mol. The van der Waals surface area contributed by atoms with Crippen LogP contribution in [0.25, 0.3) is 0 Å². The van der Waals surface area contributed by atoms with Gasteiger partial charge < -0.3 is 10.6 Å². The summed E-state index contributed by atoms with van der Waals surface area (Å²) in [6.07, 6.45) is 2.37. The van der Waals surface area contributed by atoms with Gasteiger partial charge in [-0.1, -0.05) is 36.4 Å². The number of anilines is 2. The highest BCUT2D eigenvalue weighted by Gasteiger charge is 2.09. The van der Waals surface area contributed by atoms with Gasteiger partial charge in [0.2, 0.25) is 5.95 Å². The number of amides is 1. The fourth-order valence-corrected chi connectivity index (χ4v) is 2.55. The maximum atomic E-state index is 12.3. The molecule has 3 rings (SSSR count). The molecule has 0 aliphatic heterocycles. The van der Waals surface area contributed by atoms with Crippen molar-refractivity contribution in [2.75, 3.05) is 11.9 Å². The number of aryl methyl sites for hydroxylation is 2. The Hall–Kier alpha value is -3.21. The molecule has 0 unspecified atom stereocenters. The number of carbonyl (C=O) groups is 1. The maximum Gasteiger partial charge on any atom is 0.270 e. The summed E-state index contributed by atoms with van der Waals surface area (Å²) in [7, 11) is 0. The van der Waals surface area contributed by atoms with E-state index in [0.29, 0.717) is 18.2 Å². The molecule has 26 heavy (non-hydrogen) atoms. The third-order valence-corrected chi connectivity index (χ3v) is 4.19. The highest BCUT2D eigenvalue weighted by Crippen LogP contribution is 2.17. The van der Waals surface area contributed by atoms with Gasteiger partial charge in [0.05, 0.1) is 0 Å². The van der Waals surface area contributed by atoms with E-state index in [1.165, 1.54) is 16.7 Å². The van der Waals surface area contributed by atoms with Crippen LogP contribution in [0.4, 0.5) is 11.6 Å². The first-order valence-corrected chi connectivity index (χ1v) is 8.61. The zero-order valence-electron chi connectivity index (χ0n) is 15.0. The fraction of sp³-hybridized carbons (Fsp3) is 0.190. The normalized spacial score (nSPS) is 10.4. The van der Waals surface area contributed by atoms with Crippen LogP contribution in [0.5, 0.6) is 0 Å². The molecule has 2 N–H and O–H groups in total. The number of benzene rings is 2. The first-order valence-electron chi connectivity index (χ1n) is 8.61. The number of carbonyl (C=O) groups excluding carboxylic acids is 1. The summed E-state index contributed by atoms with van der Waals surface area (Å²) >= 11 is 0. The zero-order valence-corrected chi connectivity index (χ0v) is 15.0. The molecule has 2 aromatic carbocycles. The lowest BCUT2D eigenvalue weighted by Gasteiger charge is -2.09. The van der Waals surface area contributed by atoms with Crippen molar-refractivity contribution < 1.29 is 4.79 Å². The molecule has 5 nitrogen and oxygen atoms in total. The van der Waals surface area contributed by atoms with Crippen LogP contribution in [0.2, 0.25) is 0 Å². The minimum Gasteiger partial charge on any atom is -0.350 e. The highest BCUT2D eigenvalue weighted by molar-refractivity contribution is 5.92. The summed E-state index contributed by atoms with van der Waals surface area (Å²) in [4.78, 5) is 20.8. The second kappa shape index (κ2) is 8.25. The van der Waals surface area contributed by atoms with Crippen LogP contribution in [0.15, 0.2) is 60.8 Å². The van der Waals surface area contributed by atoms with E-state index in [4.69, 9.17) is 0 Å². The van der Waals surface area contributed by atoms with Crippen LogP contribution in [-0.4, -0.2) is 22.4 Å². The molecule has 0 bridgehead atoms. The number of nitrogens with one attached hydrogen (secondary N) is 2. The summed E-state index contributed by atoms with van der Waals surface area (Å²) in [5, 5.41) is 6.05. The summed E-state index contributed by atoms with van der Waals surface area (Å²) in [6.45, 7) is 4.68. The van der Waals surface area contributed by atoms with Gasteiger partial charge in [0.1, 0.15) is 5.69 Å². The lowest BCUT2D eigenvalue weighted by Crippen LogP contribution is -2.26. The van der Waals surface area contributed by atoms with Gasteiger partial charge in [-0.25, -0.2) is 9.97 Å². The smallest absolute Gasteiger partial charge is 0.270 e. The van der Waals surface area contributed by atoms with E-state index in [0.717, 1.165) is 12.1 Å². The first-order chi connectivity index (χ1) is 12.6. The summed E-state index contributed by atoms with van der Waals surface area (Å²) in [6, 6.07) is 17.7. The van der Waals surface area contributed by atoms with Crippen LogP contribution in [0.3, 0.4) is 0 Å². The van der Waals surface area contributed by atoms with Gasteiger partial charge in [0, 0.05) is 18.4 Å². The van der Waals surface area contributed by atoms with Gasteiger partial charge in [0.25, 0.3) is 5.91 Å². The van der Waals surface area contributed by atoms with E-state index in [-0.39, 0.29) is 5.91 Å². The molecule has 3 aromatic rings. The van der Waals surface area contributed by atoms with Gasteiger partial charge >= 0.3 is 0 Å². The zero-order chi connectivity index (χ0) is 18.4. The minimum absolute atomic E-state index is 0.202. The molecule has 5 heteroatoms. The van der Waals surface area contributed by atoms with Gasteiger partial charge in [-0.3, -0.25) is 4.79 Å². The van der Waals surface area contributed by atoms with E-state index in [1.807, 2.05) is 48.5 Å². The van der Waals surface area contributed by atoms with Crippen molar-refractivity contribution >= 4 is 17.5 Å². The molecule has 0 spiro atoms. The number of hydrogen-bond donors (Lipinski definition) is 2. The van der Waals surface area contributed by atoms with Gasteiger partial charge in [-0.05, 0) is 55.2 Å². The lowest BCUT2D eigenvalue weighted by molar-refractivity contribution is 0.0949. The molecule has 0 aliphatic carbocycles. The molecule has 1 heterocycles. The standard InChI is InChI=1S/C21H22N4O/c1-15-8-9-18(14-16(15)2)24-21-23-13-11-19(25-21)20(26)22-12-10-17-6-4-3-5-7-17/h3-9,11,13-14H,10,12H2,1-2H3,(H,22,26)(H,23,24,25). The Morgan fingerprint density at radius 1 is 1.00 bits per heavy atom. The van der Waals surface area contributed by atoms with Crippen molar-refractivity contribution in [1.82, 2.24) is 15.3 Å². The molecule has 1 aromatic heterocycles. The average Bonchev–Trinajstić information content (AvgIpc) is 2.66. The molecular weight excluding hydrogens is 324 g/mol. The predicted octanol–water partition coefficient (Wildman–Crippen LogP) is 3.81. The summed E-state index contributed by atoms with van der Waals surface area (Å²) in [5.41, 5.74) is 4.84. The van der Waals surface area contributed by atoms with Crippen LogP contribution in [0.1, 0.15) is 27.2 Å². The summed E-state index contributed by atoms with van der Waals surface area (Å²) in [5.74, 6) is 0.204. The first kappa shape index (κ1) is 17.6. The number of nitrogens with zero attached hydrogens (tertiary/aromatic N) is 2. The van der Waals surface area contributed by atoms with Crippen molar-refractivity contribution in [3.05, 3.63) is 83.2 Å². The number of rotatable bonds is 6. The van der Waals surface area contributed by atoms with Crippen molar-refractivity contribution in [1.29, 1.82) is 0 Å². The Bertz CT molecular complexity index is 894. The number of aromatic nitrogens is 2. The van der Waals surface area contributed by atoms with Crippen molar-refractivity contribution in [3.63, 3.8) is 0 Å². The Labute approximate surface area is 153 Å². The van der Waals surface area contributed by atoms with Crippen LogP contribution in [0, 0.1) is 13.8 Å². The lowest BCUT2D eigenvalue weighted by atomic mass is 10.1. The Kier molecular flexibility index (Phi) is 5.59. The molecule has 132 valence electrons. The van der Waals surface area contributed by atoms with Crippen LogP contribution >= 0.6 is 0 Å². The average molecular weight is 346 g/mol. The minimum atomic E-state index is -0.202.